The molecule has 0 spiro atoms. The second kappa shape index (κ2) is 1.84. The van der Waals surface area contributed by atoms with Crippen LogP contribution in [0.5, 0.6) is 0 Å². The number of carboxylic acids is 1. The third-order valence-electron chi connectivity index (χ3n) is 2.18. The van der Waals surface area contributed by atoms with Crippen LogP contribution >= 0.6 is 0 Å². The van der Waals surface area contributed by atoms with E-state index >= 15 is 0 Å². The molecule has 0 aromatic rings. The molecule has 2 rings (SSSR count). The Kier molecular flexibility index (Phi) is 1.07. The minimum Gasteiger partial charge on any atom is -0.481 e. The van der Waals surface area contributed by atoms with E-state index < -0.39 is 11.9 Å². The lowest BCUT2D eigenvalue weighted by Gasteiger charge is -2.35. The Balaban J connectivity index is 2.16. The SMILES string of the molecule is O=C(O)C1C=CN2C(=O)C[C@@H]12. The first-order valence-electron chi connectivity index (χ1n) is 3.42. The van der Waals surface area contributed by atoms with Gasteiger partial charge in [0, 0.05) is 12.6 Å². The van der Waals surface area contributed by atoms with Crippen molar-refractivity contribution in [3.8, 4) is 0 Å². The number of fused-ring (bicyclic) bond motifs is 1. The standard InChI is InChI=1S/C7H7NO3/c9-6-3-5-4(7(10)11)1-2-8(5)6/h1-2,4-5H,3H2,(H,10,11)/t4?,5-/m0/s1. The minimum absolute atomic E-state index is 0.0231. The topological polar surface area (TPSA) is 57.6 Å². The molecule has 0 aromatic carbocycles. The Morgan fingerprint density at radius 3 is 2.91 bits per heavy atom. The van der Waals surface area contributed by atoms with Gasteiger partial charge in [-0.15, -0.1) is 0 Å². The van der Waals surface area contributed by atoms with Gasteiger partial charge >= 0.3 is 5.97 Å². The van der Waals surface area contributed by atoms with E-state index in [2.05, 4.69) is 0 Å². The molecule has 1 fully saturated rings. The maximum atomic E-state index is 10.8. The van der Waals surface area contributed by atoms with Gasteiger partial charge in [0.15, 0.2) is 0 Å². The van der Waals surface area contributed by atoms with E-state index in [1.165, 1.54) is 4.90 Å². The number of hydrogen-bond acceptors (Lipinski definition) is 2. The van der Waals surface area contributed by atoms with Crippen molar-refractivity contribution in [3.05, 3.63) is 12.3 Å². The predicted octanol–water partition coefficient (Wildman–Crippen LogP) is -0.185. The summed E-state index contributed by atoms with van der Waals surface area (Å²) in [5.41, 5.74) is 0. The van der Waals surface area contributed by atoms with Gasteiger partial charge in [-0.3, -0.25) is 9.59 Å². The number of hydrogen-bond donors (Lipinski definition) is 1. The summed E-state index contributed by atoms with van der Waals surface area (Å²) in [5.74, 6) is -1.30. The Hall–Kier alpha value is -1.32. The first kappa shape index (κ1) is 6.39. The molecule has 2 atom stereocenters. The van der Waals surface area contributed by atoms with Crippen LogP contribution in [0, 0.1) is 5.92 Å². The van der Waals surface area contributed by atoms with Crippen LogP contribution in [-0.2, 0) is 9.59 Å². The number of amides is 1. The molecule has 1 amide bonds. The number of rotatable bonds is 1. The molecule has 0 saturated carbocycles. The van der Waals surface area contributed by atoms with Gasteiger partial charge in [-0.25, -0.2) is 0 Å². The molecule has 58 valence electrons. The number of carboxylic acid groups (broad SMARTS) is 1. The second-order valence-electron chi connectivity index (χ2n) is 2.78. The van der Waals surface area contributed by atoms with E-state index in [1.54, 1.807) is 12.3 Å². The fraction of sp³-hybridized carbons (Fsp3) is 0.429. The average molecular weight is 153 g/mol. The smallest absolute Gasteiger partial charge is 0.312 e. The summed E-state index contributed by atoms with van der Waals surface area (Å²) >= 11 is 0. The van der Waals surface area contributed by atoms with E-state index in [-0.39, 0.29) is 11.9 Å². The molecule has 11 heavy (non-hydrogen) atoms. The van der Waals surface area contributed by atoms with Crippen molar-refractivity contribution in [1.82, 2.24) is 4.90 Å². The van der Waals surface area contributed by atoms with Crippen LogP contribution in [0.25, 0.3) is 0 Å². The lowest BCUT2D eigenvalue weighted by molar-refractivity contribution is -0.148. The van der Waals surface area contributed by atoms with Crippen molar-refractivity contribution in [2.45, 2.75) is 12.5 Å². The van der Waals surface area contributed by atoms with Gasteiger partial charge in [0.25, 0.3) is 0 Å². The highest BCUT2D eigenvalue weighted by atomic mass is 16.4. The summed E-state index contributed by atoms with van der Waals surface area (Å²) in [5, 5.41) is 8.63. The Bertz CT molecular complexity index is 258. The summed E-state index contributed by atoms with van der Waals surface area (Å²) in [6, 6.07) is -0.0972. The summed E-state index contributed by atoms with van der Waals surface area (Å²) in [6.07, 6.45) is 3.51. The summed E-state index contributed by atoms with van der Waals surface area (Å²) in [4.78, 5) is 22.8. The zero-order valence-corrected chi connectivity index (χ0v) is 5.73. The van der Waals surface area contributed by atoms with Crippen LogP contribution in [0.15, 0.2) is 12.3 Å². The van der Waals surface area contributed by atoms with Gasteiger partial charge in [0.1, 0.15) is 0 Å². The normalized spacial score (nSPS) is 33.5. The highest BCUT2D eigenvalue weighted by Gasteiger charge is 2.45. The van der Waals surface area contributed by atoms with Crippen molar-refractivity contribution in [2.75, 3.05) is 0 Å². The molecule has 0 radical (unpaired) electrons. The highest BCUT2D eigenvalue weighted by Crippen LogP contribution is 2.32. The number of β-lactam (4-membered cyclic amide) rings is 1. The van der Waals surface area contributed by atoms with Crippen LogP contribution in [0.3, 0.4) is 0 Å². The molecule has 1 N–H and O–H groups in total. The third kappa shape index (κ3) is 0.691. The van der Waals surface area contributed by atoms with E-state index in [1.807, 2.05) is 0 Å². The maximum Gasteiger partial charge on any atom is 0.312 e. The largest absolute Gasteiger partial charge is 0.481 e. The molecule has 0 bridgehead atoms. The van der Waals surface area contributed by atoms with Gasteiger partial charge in [0.05, 0.1) is 12.0 Å². The first-order valence-corrected chi connectivity index (χ1v) is 3.42. The molecule has 0 aliphatic carbocycles. The van der Waals surface area contributed by atoms with E-state index in [0.29, 0.717) is 6.42 Å². The van der Waals surface area contributed by atoms with Gasteiger partial charge < -0.3 is 10.0 Å². The molecule has 2 heterocycles. The predicted molar refractivity (Wildman–Crippen MR) is 35.5 cm³/mol. The number of aliphatic carboxylic acids is 1. The third-order valence-corrected chi connectivity index (χ3v) is 2.18. The maximum absolute atomic E-state index is 10.8. The molecular formula is C7H7NO3. The zero-order chi connectivity index (χ0) is 8.01. The van der Waals surface area contributed by atoms with Crippen LogP contribution in [0.1, 0.15) is 6.42 Å². The first-order chi connectivity index (χ1) is 5.20. The Labute approximate surface area is 63.1 Å². The van der Waals surface area contributed by atoms with Crippen LogP contribution < -0.4 is 0 Å². The second-order valence-corrected chi connectivity index (χ2v) is 2.78. The van der Waals surface area contributed by atoms with Gasteiger partial charge in [-0.1, -0.05) is 6.08 Å². The van der Waals surface area contributed by atoms with Crippen molar-refractivity contribution >= 4 is 11.9 Å². The van der Waals surface area contributed by atoms with Crippen molar-refractivity contribution < 1.29 is 14.7 Å². The molecule has 4 nitrogen and oxygen atoms in total. The molecule has 1 saturated heterocycles. The van der Waals surface area contributed by atoms with Gasteiger partial charge in [-0.2, -0.15) is 0 Å². The summed E-state index contributed by atoms with van der Waals surface area (Å²) in [6.45, 7) is 0. The van der Waals surface area contributed by atoms with E-state index in [0.717, 1.165) is 0 Å². The average Bonchev–Trinajstić information content (AvgIpc) is 2.25. The van der Waals surface area contributed by atoms with Crippen LogP contribution in [-0.4, -0.2) is 27.9 Å². The van der Waals surface area contributed by atoms with Gasteiger partial charge in [0.2, 0.25) is 5.91 Å². The van der Waals surface area contributed by atoms with Crippen molar-refractivity contribution in [3.63, 3.8) is 0 Å². The van der Waals surface area contributed by atoms with Crippen molar-refractivity contribution in [1.29, 1.82) is 0 Å². The molecule has 1 unspecified atom stereocenters. The fourth-order valence-electron chi connectivity index (χ4n) is 1.51. The fourth-order valence-corrected chi connectivity index (χ4v) is 1.51. The number of carbonyl (C=O) groups excluding carboxylic acids is 1. The summed E-state index contributed by atoms with van der Waals surface area (Å²) in [7, 11) is 0. The lowest BCUT2D eigenvalue weighted by atomic mass is 9.93. The van der Waals surface area contributed by atoms with Crippen molar-refractivity contribution in [2.24, 2.45) is 5.92 Å². The van der Waals surface area contributed by atoms with E-state index in [9.17, 15) is 9.59 Å². The Morgan fingerprint density at radius 1 is 1.73 bits per heavy atom. The van der Waals surface area contributed by atoms with Gasteiger partial charge in [-0.05, 0) is 0 Å². The molecular weight excluding hydrogens is 146 g/mol. The minimum atomic E-state index is -0.846. The van der Waals surface area contributed by atoms with Crippen LogP contribution in [0.2, 0.25) is 0 Å². The molecule has 4 heteroatoms. The lowest BCUT2D eigenvalue weighted by Crippen LogP contribution is -2.50. The quantitative estimate of drug-likeness (QED) is 0.531. The summed E-state index contributed by atoms with van der Waals surface area (Å²) < 4.78 is 0. The highest BCUT2D eigenvalue weighted by molar-refractivity contribution is 5.89. The number of carbonyl (C=O) groups is 2. The number of nitrogens with zero attached hydrogens (tertiary/aromatic N) is 1. The van der Waals surface area contributed by atoms with Crippen LogP contribution in [0.4, 0.5) is 0 Å². The molecule has 0 aromatic heterocycles. The van der Waals surface area contributed by atoms with E-state index in [4.69, 9.17) is 5.11 Å². The molecule has 2 aliphatic heterocycles. The molecule has 2 aliphatic rings. The monoisotopic (exact) mass is 153 g/mol. The Morgan fingerprint density at radius 2 is 2.45 bits per heavy atom. The zero-order valence-electron chi connectivity index (χ0n) is 5.73.